The van der Waals surface area contributed by atoms with Gasteiger partial charge in [-0.2, -0.15) is 4.31 Å². The van der Waals surface area contributed by atoms with Crippen LogP contribution in [0.25, 0.3) is 0 Å². The number of hydrogen-bond acceptors (Lipinski definition) is 5. The zero-order valence-corrected chi connectivity index (χ0v) is 18.1. The van der Waals surface area contributed by atoms with Crippen molar-refractivity contribution < 1.29 is 17.9 Å². The van der Waals surface area contributed by atoms with Gasteiger partial charge in [0.1, 0.15) is 10.6 Å². The summed E-state index contributed by atoms with van der Waals surface area (Å²) in [4.78, 5) is 17.7. The summed E-state index contributed by atoms with van der Waals surface area (Å²) >= 11 is 0. The Hall–Kier alpha value is -1.42. The number of hydrogen-bond donors (Lipinski definition) is 0. The van der Waals surface area contributed by atoms with Crippen molar-refractivity contribution in [2.75, 3.05) is 52.5 Å². The van der Waals surface area contributed by atoms with Gasteiger partial charge in [0.25, 0.3) is 5.91 Å². The molecule has 0 N–H and O–H groups in total. The van der Waals surface area contributed by atoms with Crippen LogP contribution in [0.3, 0.4) is 0 Å². The van der Waals surface area contributed by atoms with Crippen LogP contribution in [-0.2, 0) is 21.8 Å². The molecular weight excluding hydrogens is 392 g/mol. The number of aryl methyl sites for hydroxylation is 1. The predicted molar refractivity (Wildman–Crippen MR) is 109 cm³/mol. The van der Waals surface area contributed by atoms with Crippen LogP contribution in [0.5, 0.6) is 0 Å². The van der Waals surface area contributed by atoms with Gasteiger partial charge in [0.2, 0.25) is 10.0 Å². The number of morpholine rings is 1. The molecule has 3 heterocycles. The molecule has 0 unspecified atom stereocenters. The third-order valence-corrected chi connectivity index (χ3v) is 8.36. The third kappa shape index (κ3) is 4.38. The quantitative estimate of drug-likeness (QED) is 0.725. The van der Waals surface area contributed by atoms with Crippen molar-refractivity contribution in [1.29, 1.82) is 0 Å². The number of nitrogens with zero attached hydrogens (tertiary/aromatic N) is 4. The lowest BCUT2D eigenvalue weighted by atomic mass is 9.94. The maximum Gasteiger partial charge on any atom is 0.270 e. The van der Waals surface area contributed by atoms with E-state index in [-0.39, 0.29) is 10.8 Å². The molecule has 1 aromatic heterocycles. The Morgan fingerprint density at radius 3 is 2.31 bits per heavy atom. The topological polar surface area (TPSA) is 75.1 Å². The molecule has 162 valence electrons. The smallest absolute Gasteiger partial charge is 0.270 e. The van der Waals surface area contributed by atoms with E-state index in [1.165, 1.54) is 42.5 Å². The first kappa shape index (κ1) is 20.8. The van der Waals surface area contributed by atoms with Crippen molar-refractivity contribution in [3.8, 4) is 0 Å². The van der Waals surface area contributed by atoms with Crippen molar-refractivity contribution in [3.63, 3.8) is 0 Å². The van der Waals surface area contributed by atoms with Crippen molar-refractivity contribution in [2.24, 2.45) is 7.05 Å². The molecule has 0 bridgehead atoms. The average Bonchev–Trinajstić information content (AvgIpc) is 3.17. The normalized spacial score (nSPS) is 23.4. The lowest BCUT2D eigenvalue weighted by Crippen LogP contribution is -2.52. The molecule has 2 saturated heterocycles. The minimum atomic E-state index is -3.60. The van der Waals surface area contributed by atoms with Gasteiger partial charge in [-0.25, -0.2) is 8.42 Å². The van der Waals surface area contributed by atoms with Crippen LogP contribution in [0.1, 0.15) is 42.6 Å². The molecule has 1 aromatic rings. The first-order valence-corrected chi connectivity index (χ1v) is 12.2. The Morgan fingerprint density at radius 2 is 1.66 bits per heavy atom. The van der Waals surface area contributed by atoms with Gasteiger partial charge < -0.3 is 14.2 Å². The Morgan fingerprint density at radius 1 is 1.00 bits per heavy atom. The molecule has 1 amide bonds. The number of rotatable bonds is 4. The molecule has 8 nitrogen and oxygen atoms in total. The summed E-state index contributed by atoms with van der Waals surface area (Å²) in [5.41, 5.74) is 0.433. The van der Waals surface area contributed by atoms with Crippen molar-refractivity contribution in [2.45, 2.75) is 43.0 Å². The van der Waals surface area contributed by atoms with Gasteiger partial charge in [-0.3, -0.25) is 9.69 Å². The van der Waals surface area contributed by atoms with E-state index < -0.39 is 10.0 Å². The molecule has 9 heteroatoms. The predicted octanol–water partition coefficient (Wildman–Crippen LogP) is 1.14. The fourth-order valence-corrected chi connectivity index (χ4v) is 6.20. The van der Waals surface area contributed by atoms with Crippen LogP contribution >= 0.6 is 0 Å². The molecule has 4 rings (SSSR count). The highest BCUT2D eigenvalue weighted by molar-refractivity contribution is 7.89. The first-order valence-electron chi connectivity index (χ1n) is 10.7. The maximum atomic E-state index is 13.1. The molecule has 3 aliphatic rings. The monoisotopic (exact) mass is 424 g/mol. The van der Waals surface area contributed by atoms with Gasteiger partial charge in [0, 0.05) is 58.6 Å². The first-order chi connectivity index (χ1) is 14.0. The van der Waals surface area contributed by atoms with E-state index in [4.69, 9.17) is 4.74 Å². The number of piperazine rings is 1. The Labute approximate surface area is 173 Å². The average molecular weight is 425 g/mol. The van der Waals surface area contributed by atoms with Crippen LogP contribution in [-0.4, -0.2) is 91.5 Å². The second-order valence-electron chi connectivity index (χ2n) is 8.31. The van der Waals surface area contributed by atoms with Crippen LogP contribution < -0.4 is 0 Å². The van der Waals surface area contributed by atoms with E-state index in [2.05, 4.69) is 4.90 Å². The standard InChI is InChI=1S/C20H32N4O4S/c1-21-16-18(29(26,27)24-11-13-28-14-12-24)15-19(21)20(25)23-9-7-22(8-10-23)17-5-3-2-4-6-17/h15-17H,2-14H2,1H3. The summed E-state index contributed by atoms with van der Waals surface area (Å²) in [6.07, 6.45) is 8.07. The van der Waals surface area contributed by atoms with Crippen LogP contribution in [0, 0.1) is 0 Å². The van der Waals surface area contributed by atoms with Gasteiger partial charge in [-0.15, -0.1) is 0 Å². The largest absolute Gasteiger partial charge is 0.379 e. The van der Waals surface area contributed by atoms with Crippen molar-refractivity contribution in [1.82, 2.24) is 18.7 Å². The summed E-state index contributed by atoms with van der Waals surface area (Å²) < 4.78 is 34.1. The van der Waals surface area contributed by atoms with Crippen LogP contribution in [0.4, 0.5) is 0 Å². The zero-order valence-electron chi connectivity index (χ0n) is 17.3. The molecule has 0 aromatic carbocycles. The SMILES string of the molecule is Cn1cc(S(=O)(=O)N2CCOCC2)cc1C(=O)N1CCN(C2CCCCC2)CC1. The van der Waals surface area contributed by atoms with E-state index in [9.17, 15) is 13.2 Å². The number of carbonyl (C=O) groups is 1. The van der Waals surface area contributed by atoms with E-state index in [1.807, 2.05) is 4.90 Å². The molecule has 2 aliphatic heterocycles. The molecule has 0 atom stereocenters. The number of ether oxygens (including phenoxy) is 1. The van der Waals surface area contributed by atoms with Crippen LogP contribution in [0.2, 0.25) is 0 Å². The molecule has 0 radical (unpaired) electrons. The summed E-state index contributed by atoms with van der Waals surface area (Å²) in [5, 5.41) is 0. The number of amides is 1. The van der Waals surface area contributed by atoms with Crippen molar-refractivity contribution in [3.05, 3.63) is 18.0 Å². The van der Waals surface area contributed by atoms with Gasteiger partial charge in [0.15, 0.2) is 0 Å². The second kappa shape index (κ2) is 8.75. The van der Waals surface area contributed by atoms with Crippen molar-refractivity contribution >= 4 is 15.9 Å². The minimum absolute atomic E-state index is 0.0841. The molecule has 0 spiro atoms. The molecule has 1 aliphatic carbocycles. The Kier molecular flexibility index (Phi) is 6.29. The lowest BCUT2D eigenvalue weighted by Gasteiger charge is -2.40. The van der Waals surface area contributed by atoms with Gasteiger partial charge in [0.05, 0.1) is 13.2 Å². The number of sulfonamides is 1. The summed E-state index contributed by atoms with van der Waals surface area (Å²) in [7, 11) is -1.86. The summed E-state index contributed by atoms with van der Waals surface area (Å²) in [6.45, 7) is 4.72. The lowest BCUT2D eigenvalue weighted by molar-refractivity contribution is 0.0515. The zero-order chi connectivity index (χ0) is 20.4. The van der Waals surface area contributed by atoms with E-state index in [0.29, 0.717) is 51.1 Å². The highest BCUT2D eigenvalue weighted by atomic mass is 32.2. The minimum Gasteiger partial charge on any atom is -0.379 e. The molecule has 1 saturated carbocycles. The summed E-state index contributed by atoms with van der Waals surface area (Å²) in [5.74, 6) is -0.0841. The van der Waals surface area contributed by atoms with Crippen LogP contribution in [0.15, 0.2) is 17.2 Å². The van der Waals surface area contributed by atoms with Gasteiger partial charge in [-0.1, -0.05) is 19.3 Å². The highest BCUT2D eigenvalue weighted by Crippen LogP contribution is 2.25. The Balaban J connectivity index is 1.42. The fraction of sp³-hybridized carbons (Fsp3) is 0.750. The Bertz CT molecular complexity index is 818. The van der Waals surface area contributed by atoms with E-state index in [0.717, 1.165) is 13.1 Å². The second-order valence-corrected chi connectivity index (χ2v) is 10.2. The van der Waals surface area contributed by atoms with E-state index >= 15 is 0 Å². The maximum absolute atomic E-state index is 13.1. The molecule has 29 heavy (non-hydrogen) atoms. The molecular formula is C20H32N4O4S. The number of aromatic nitrogens is 1. The molecule has 3 fully saturated rings. The van der Waals surface area contributed by atoms with Gasteiger partial charge >= 0.3 is 0 Å². The number of carbonyl (C=O) groups excluding carboxylic acids is 1. The fourth-order valence-electron chi connectivity index (χ4n) is 4.72. The third-order valence-electron chi connectivity index (χ3n) is 6.50. The van der Waals surface area contributed by atoms with E-state index in [1.54, 1.807) is 17.8 Å². The summed E-state index contributed by atoms with van der Waals surface area (Å²) in [6, 6.07) is 2.20. The van der Waals surface area contributed by atoms with Gasteiger partial charge in [-0.05, 0) is 18.9 Å². The highest BCUT2D eigenvalue weighted by Gasteiger charge is 2.31.